The van der Waals surface area contributed by atoms with Gasteiger partial charge in [0.15, 0.2) is 11.6 Å². The Labute approximate surface area is 108 Å². The normalized spacial score (nSPS) is 18.3. The number of nitrogens with zero attached hydrogens (tertiary/aromatic N) is 1. The zero-order valence-electron chi connectivity index (χ0n) is 10.8. The minimum atomic E-state index is -0.127. The molecule has 0 aromatic carbocycles. The molecule has 1 aliphatic rings. The maximum Gasteiger partial charge on any atom is 0.169 e. The van der Waals surface area contributed by atoms with Crippen LogP contribution in [0.25, 0.3) is 0 Å². The first-order chi connectivity index (χ1) is 8.79. The molecule has 1 aromatic rings. The first-order valence-electron chi connectivity index (χ1n) is 6.43. The maximum absolute atomic E-state index is 5.92. The Kier molecular flexibility index (Phi) is 4.38. The average Bonchev–Trinajstić information content (AvgIpc) is 2.42. The van der Waals surface area contributed by atoms with Crippen molar-refractivity contribution in [2.24, 2.45) is 5.73 Å². The number of ether oxygens (including phenoxy) is 2. The van der Waals surface area contributed by atoms with E-state index in [4.69, 9.17) is 15.2 Å². The van der Waals surface area contributed by atoms with Crippen LogP contribution in [0.2, 0.25) is 0 Å². The molecule has 1 aromatic heterocycles. The van der Waals surface area contributed by atoms with Gasteiger partial charge in [-0.05, 0) is 31.9 Å². The highest BCUT2D eigenvalue weighted by molar-refractivity contribution is 5.51. The summed E-state index contributed by atoms with van der Waals surface area (Å²) in [5.41, 5.74) is 5.80. The van der Waals surface area contributed by atoms with Crippen LogP contribution in [0.5, 0.6) is 5.75 Å². The summed E-state index contributed by atoms with van der Waals surface area (Å²) >= 11 is 0. The van der Waals surface area contributed by atoms with Crippen molar-refractivity contribution in [3.63, 3.8) is 0 Å². The summed E-state index contributed by atoms with van der Waals surface area (Å²) in [4.78, 5) is 4.35. The largest absolute Gasteiger partial charge is 0.490 e. The summed E-state index contributed by atoms with van der Waals surface area (Å²) in [6, 6.07) is 3.79. The molecule has 0 radical (unpaired) electrons. The topological polar surface area (TPSA) is 69.4 Å². The van der Waals surface area contributed by atoms with Crippen LogP contribution in [0, 0.1) is 0 Å². The van der Waals surface area contributed by atoms with Gasteiger partial charge in [0.25, 0.3) is 0 Å². The van der Waals surface area contributed by atoms with Crippen molar-refractivity contribution in [3.8, 4) is 5.75 Å². The van der Waals surface area contributed by atoms with Gasteiger partial charge in [0.05, 0.1) is 12.1 Å². The fourth-order valence-electron chi connectivity index (χ4n) is 2.15. The minimum Gasteiger partial charge on any atom is -0.490 e. The molecule has 0 bridgehead atoms. The molecule has 2 rings (SSSR count). The Bertz CT molecular complexity index is 378. The summed E-state index contributed by atoms with van der Waals surface area (Å²) in [7, 11) is 0. The van der Waals surface area contributed by atoms with Gasteiger partial charge in [-0.3, -0.25) is 0 Å². The van der Waals surface area contributed by atoms with E-state index in [-0.39, 0.29) is 5.54 Å². The zero-order valence-corrected chi connectivity index (χ0v) is 10.8. The van der Waals surface area contributed by atoms with E-state index in [2.05, 4.69) is 10.3 Å². The molecule has 0 aliphatic carbocycles. The molecule has 1 saturated heterocycles. The SMILES string of the molecule is CCOc1cccnc1NC1(CN)CCOCC1. The lowest BCUT2D eigenvalue weighted by atomic mass is 9.90. The van der Waals surface area contributed by atoms with Crippen LogP contribution in [0.4, 0.5) is 5.82 Å². The first kappa shape index (κ1) is 13.1. The monoisotopic (exact) mass is 251 g/mol. The quantitative estimate of drug-likeness (QED) is 0.828. The third kappa shape index (κ3) is 2.91. The van der Waals surface area contributed by atoms with Crippen molar-refractivity contribution in [1.29, 1.82) is 0 Å². The van der Waals surface area contributed by atoms with Crippen LogP contribution in [-0.2, 0) is 4.74 Å². The Morgan fingerprint density at radius 1 is 1.50 bits per heavy atom. The Morgan fingerprint density at radius 3 is 2.94 bits per heavy atom. The minimum absolute atomic E-state index is 0.127. The maximum atomic E-state index is 5.92. The van der Waals surface area contributed by atoms with E-state index in [1.165, 1.54) is 0 Å². The molecule has 1 fully saturated rings. The summed E-state index contributed by atoms with van der Waals surface area (Å²) in [5, 5.41) is 3.46. The average molecular weight is 251 g/mol. The van der Waals surface area contributed by atoms with Gasteiger partial charge in [0, 0.05) is 26.0 Å². The van der Waals surface area contributed by atoms with Crippen molar-refractivity contribution in [3.05, 3.63) is 18.3 Å². The summed E-state index contributed by atoms with van der Waals surface area (Å²) in [5.74, 6) is 1.55. The molecule has 0 atom stereocenters. The fourth-order valence-corrected chi connectivity index (χ4v) is 2.15. The summed E-state index contributed by atoms with van der Waals surface area (Å²) < 4.78 is 11.0. The summed E-state index contributed by atoms with van der Waals surface area (Å²) in [6.45, 7) is 4.63. The summed E-state index contributed by atoms with van der Waals surface area (Å²) in [6.07, 6.45) is 3.55. The lowest BCUT2D eigenvalue weighted by Crippen LogP contribution is -2.49. The van der Waals surface area contributed by atoms with Crippen LogP contribution in [0.3, 0.4) is 0 Å². The molecule has 1 aliphatic heterocycles. The van der Waals surface area contributed by atoms with E-state index in [0.29, 0.717) is 13.2 Å². The molecule has 2 heterocycles. The van der Waals surface area contributed by atoms with Crippen LogP contribution < -0.4 is 15.8 Å². The van der Waals surface area contributed by atoms with E-state index in [0.717, 1.165) is 37.6 Å². The Balaban J connectivity index is 2.15. The zero-order chi connectivity index (χ0) is 12.8. The molecule has 5 heteroatoms. The number of anilines is 1. The smallest absolute Gasteiger partial charge is 0.169 e. The van der Waals surface area contributed by atoms with Crippen molar-refractivity contribution < 1.29 is 9.47 Å². The number of aromatic nitrogens is 1. The molecule has 100 valence electrons. The van der Waals surface area contributed by atoms with Gasteiger partial charge in [-0.25, -0.2) is 4.98 Å². The van der Waals surface area contributed by atoms with Gasteiger partial charge in [-0.15, -0.1) is 0 Å². The lowest BCUT2D eigenvalue weighted by molar-refractivity contribution is 0.0626. The number of nitrogens with one attached hydrogen (secondary N) is 1. The molecule has 0 spiro atoms. The molecule has 5 nitrogen and oxygen atoms in total. The van der Waals surface area contributed by atoms with Gasteiger partial charge in [-0.2, -0.15) is 0 Å². The predicted molar refractivity (Wildman–Crippen MR) is 70.9 cm³/mol. The number of hydrogen-bond donors (Lipinski definition) is 2. The second-order valence-corrected chi connectivity index (χ2v) is 4.50. The Morgan fingerprint density at radius 2 is 2.28 bits per heavy atom. The van der Waals surface area contributed by atoms with Gasteiger partial charge in [-0.1, -0.05) is 0 Å². The molecule has 0 saturated carbocycles. The van der Waals surface area contributed by atoms with Crippen molar-refractivity contribution >= 4 is 5.82 Å². The fraction of sp³-hybridized carbons (Fsp3) is 0.615. The second-order valence-electron chi connectivity index (χ2n) is 4.50. The molecule has 18 heavy (non-hydrogen) atoms. The van der Waals surface area contributed by atoms with E-state index in [1.807, 2.05) is 19.1 Å². The van der Waals surface area contributed by atoms with E-state index in [1.54, 1.807) is 6.20 Å². The number of pyridine rings is 1. The van der Waals surface area contributed by atoms with Crippen molar-refractivity contribution in [2.75, 3.05) is 31.7 Å². The van der Waals surface area contributed by atoms with E-state index in [9.17, 15) is 0 Å². The highest BCUT2D eigenvalue weighted by Crippen LogP contribution is 2.29. The highest BCUT2D eigenvalue weighted by Gasteiger charge is 2.32. The number of hydrogen-bond acceptors (Lipinski definition) is 5. The van der Waals surface area contributed by atoms with Gasteiger partial charge < -0.3 is 20.5 Å². The molecule has 3 N–H and O–H groups in total. The van der Waals surface area contributed by atoms with E-state index < -0.39 is 0 Å². The third-order valence-electron chi connectivity index (χ3n) is 3.29. The molecule has 0 unspecified atom stereocenters. The van der Waals surface area contributed by atoms with Crippen molar-refractivity contribution in [1.82, 2.24) is 4.98 Å². The van der Waals surface area contributed by atoms with Crippen LogP contribution in [-0.4, -0.2) is 36.9 Å². The molecular formula is C13H21N3O2. The predicted octanol–water partition coefficient (Wildman–Crippen LogP) is 1.40. The Hall–Kier alpha value is -1.33. The van der Waals surface area contributed by atoms with Gasteiger partial charge in [0.1, 0.15) is 0 Å². The van der Waals surface area contributed by atoms with E-state index >= 15 is 0 Å². The third-order valence-corrected chi connectivity index (χ3v) is 3.29. The standard InChI is InChI=1S/C13H21N3O2/c1-2-18-11-4-3-7-15-12(11)16-13(10-14)5-8-17-9-6-13/h3-4,7H,2,5-6,8-10,14H2,1H3,(H,15,16). The first-order valence-corrected chi connectivity index (χ1v) is 6.43. The van der Waals surface area contributed by atoms with Crippen molar-refractivity contribution in [2.45, 2.75) is 25.3 Å². The molecular weight excluding hydrogens is 230 g/mol. The highest BCUT2D eigenvalue weighted by atomic mass is 16.5. The second kappa shape index (κ2) is 6.02. The van der Waals surface area contributed by atoms with Crippen LogP contribution in [0.15, 0.2) is 18.3 Å². The number of rotatable bonds is 5. The lowest BCUT2D eigenvalue weighted by Gasteiger charge is -2.37. The van der Waals surface area contributed by atoms with Crippen LogP contribution >= 0.6 is 0 Å². The van der Waals surface area contributed by atoms with Crippen LogP contribution in [0.1, 0.15) is 19.8 Å². The molecule has 0 amide bonds. The van der Waals surface area contributed by atoms with Gasteiger partial charge in [0.2, 0.25) is 0 Å². The number of nitrogens with two attached hydrogens (primary N) is 1. The van der Waals surface area contributed by atoms with Gasteiger partial charge >= 0.3 is 0 Å².